The molecule has 4 aliphatic carbocycles. The monoisotopic (exact) mass is 843 g/mol. The highest BCUT2D eigenvalue weighted by atomic mass is 79.9. The van der Waals surface area contributed by atoms with Gasteiger partial charge in [-0.2, -0.15) is 0 Å². The molecule has 290 valence electrons. The van der Waals surface area contributed by atoms with Crippen molar-refractivity contribution in [3.05, 3.63) is 255 Å². The van der Waals surface area contributed by atoms with Crippen molar-refractivity contribution in [1.82, 2.24) is 0 Å². The van der Waals surface area contributed by atoms with Crippen LogP contribution < -0.4 is 4.90 Å². The minimum absolute atomic E-state index is 0.190. The third-order valence-corrected chi connectivity index (χ3v) is 14.4. The van der Waals surface area contributed by atoms with Gasteiger partial charge in [-0.1, -0.05) is 188 Å². The summed E-state index contributed by atoms with van der Waals surface area (Å²) in [5, 5.41) is 0. The molecule has 0 unspecified atom stereocenters. The molecule has 9 aromatic rings. The van der Waals surface area contributed by atoms with Crippen LogP contribution in [0.25, 0.3) is 44.5 Å². The number of fused-ring (bicyclic) bond motifs is 3. The largest absolute Gasteiger partial charge is 0.310 e. The van der Waals surface area contributed by atoms with Crippen LogP contribution >= 0.6 is 15.9 Å². The highest BCUT2D eigenvalue weighted by Gasteiger charge is 2.44. The molecular weight excluding hydrogens is 803 g/mol. The second kappa shape index (κ2) is 13.9. The molecule has 0 saturated carbocycles. The van der Waals surface area contributed by atoms with Crippen molar-refractivity contribution in [3.8, 4) is 44.5 Å². The maximum Gasteiger partial charge on any atom is 0.0465 e. The molecule has 0 aromatic heterocycles. The van der Waals surface area contributed by atoms with Crippen LogP contribution in [0.3, 0.4) is 0 Å². The maximum absolute atomic E-state index is 4.06. The molecule has 0 atom stereocenters. The molecule has 4 aliphatic rings. The van der Waals surface area contributed by atoms with Gasteiger partial charge in [-0.25, -0.2) is 0 Å². The second-order valence-electron chi connectivity index (χ2n) is 17.3. The zero-order valence-corrected chi connectivity index (χ0v) is 35.7. The van der Waals surface area contributed by atoms with E-state index >= 15 is 0 Å². The summed E-state index contributed by atoms with van der Waals surface area (Å²) in [6.07, 6.45) is 0. The van der Waals surface area contributed by atoms with E-state index in [9.17, 15) is 0 Å². The van der Waals surface area contributed by atoms with Crippen LogP contribution in [0.2, 0.25) is 0 Å². The van der Waals surface area contributed by atoms with Gasteiger partial charge in [0.25, 0.3) is 0 Å². The lowest BCUT2D eigenvalue weighted by molar-refractivity contribution is 0.660. The van der Waals surface area contributed by atoms with Crippen LogP contribution in [0.5, 0.6) is 0 Å². The predicted molar refractivity (Wildman–Crippen MR) is 257 cm³/mol. The van der Waals surface area contributed by atoms with Crippen molar-refractivity contribution in [1.29, 1.82) is 0 Å². The van der Waals surface area contributed by atoms with E-state index in [1.54, 1.807) is 0 Å². The predicted octanol–water partition coefficient (Wildman–Crippen LogP) is 16.2. The number of hydrogen-bond acceptors (Lipinski definition) is 1. The molecule has 0 aliphatic heterocycles. The number of nitrogens with zero attached hydrogens (tertiary/aromatic N) is 1. The fourth-order valence-electron chi connectivity index (χ4n) is 10.8. The van der Waals surface area contributed by atoms with Crippen LogP contribution in [-0.2, 0) is 5.41 Å². The minimum Gasteiger partial charge on any atom is -0.310 e. The average Bonchev–Trinajstić information content (AvgIpc) is 3.54. The van der Waals surface area contributed by atoms with Crippen molar-refractivity contribution in [3.63, 3.8) is 0 Å². The normalized spacial score (nSPS) is 15.9. The molecule has 1 nitrogen and oxygen atoms in total. The highest BCUT2D eigenvalue weighted by Crippen LogP contribution is 2.60. The van der Waals surface area contributed by atoms with Gasteiger partial charge in [0.1, 0.15) is 0 Å². The number of benzene rings is 9. The van der Waals surface area contributed by atoms with E-state index in [1.165, 1.54) is 93.5 Å². The topological polar surface area (TPSA) is 3.24 Å². The van der Waals surface area contributed by atoms with E-state index < -0.39 is 0 Å². The molecule has 0 fully saturated rings. The summed E-state index contributed by atoms with van der Waals surface area (Å²) in [6, 6.07) is 76.5. The van der Waals surface area contributed by atoms with Crippen molar-refractivity contribution < 1.29 is 0 Å². The summed E-state index contributed by atoms with van der Waals surface area (Å²) in [4.78, 5) is 2.41. The lowest BCUT2D eigenvalue weighted by Crippen LogP contribution is -2.28. The first-order chi connectivity index (χ1) is 29.9. The first-order valence-electron chi connectivity index (χ1n) is 21.3. The lowest BCUT2D eigenvalue weighted by atomic mass is 9.60. The molecule has 0 N–H and O–H groups in total. The standard InChI is InChI=1S/C59H42BrN/c1-59(2)52-35-41(45-33-34-54(60)58-56-50-19-11-9-17-48(50)55(57(45)58)49-18-10-12-20-51(49)56)25-31-46(52)47-32-30-44(36-53(47)59)61(42-26-21-39(22-27-42)37-13-5-3-6-14-37)43-28-23-40(24-29-43)38-15-7-4-8-16-38/h3-36,55-56H,1-2H3. The molecule has 2 heteroatoms. The van der Waals surface area contributed by atoms with E-state index in [-0.39, 0.29) is 17.3 Å². The molecule has 9 aromatic carbocycles. The maximum atomic E-state index is 4.06. The zero-order chi connectivity index (χ0) is 40.8. The fourth-order valence-corrected chi connectivity index (χ4v) is 11.4. The molecule has 2 bridgehead atoms. The highest BCUT2D eigenvalue weighted by molar-refractivity contribution is 9.10. The van der Waals surface area contributed by atoms with Gasteiger partial charge in [0.05, 0.1) is 0 Å². The van der Waals surface area contributed by atoms with E-state index in [0.717, 1.165) is 17.1 Å². The summed E-state index contributed by atoms with van der Waals surface area (Å²) in [6.45, 7) is 4.81. The quantitative estimate of drug-likeness (QED) is 0.161. The van der Waals surface area contributed by atoms with E-state index in [1.807, 2.05) is 0 Å². The van der Waals surface area contributed by atoms with Gasteiger partial charge in [-0.15, -0.1) is 0 Å². The Balaban J connectivity index is 0.955. The SMILES string of the molecule is CC1(C)c2cc(-c3ccc(Br)c4c3C3c5ccccc5C4c4ccccc43)ccc2-c2ccc(N(c3ccc(-c4ccccc4)cc3)c3ccc(-c4ccccc4)cc3)cc21. The molecule has 0 amide bonds. The van der Waals surface area contributed by atoms with E-state index in [4.69, 9.17) is 0 Å². The van der Waals surface area contributed by atoms with Gasteiger partial charge < -0.3 is 4.90 Å². The average molecular weight is 845 g/mol. The van der Waals surface area contributed by atoms with Crippen LogP contribution in [0, 0.1) is 0 Å². The summed E-state index contributed by atoms with van der Waals surface area (Å²) in [5.41, 5.74) is 24.6. The molecule has 0 radical (unpaired) electrons. The molecule has 13 rings (SSSR count). The smallest absolute Gasteiger partial charge is 0.0465 e. The second-order valence-corrected chi connectivity index (χ2v) is 18.2. The molecule has 61 heavy (non-hydrogen) atoms. The summed E-state index contributed by atoms with van der Waals surface area (Å²) >= 11 is 4.06. The van der Waals surface area contributed by atoms with Gasteiger partial charge in [0, 0.05) is 38.8 Å². The minimum atomic E-state index is -0.218. The van der Waals surface area contributed by atoms with E-state index in [0.29, 0.717) is 0 Å². The number of halogens is 1. The first-order valence-corrected chi connectivity index (χ1v) is 22.1. The van der Waals surface area contributed by atoms with Gasteiger partial charge in [-0.3, -0.25) is 0 Å². The Labute approximate surface area is 366 Å². The Kier molecular flexibility index (Phi) is 8.24. The molecular formula is C59H42BrN. The molecule has 0 spiro atoms. The van der Waals surface area contributed by atoms with Crippen molar-refractivity contribution >= 4 is 33.0 Å². The summed E-state index contributed by atoms with van der Waals surface area (Å²) < 4.78 is 1.20. The van der Waals surface area contributed by atoms with E-state index in [2.05, 4.69) is 241 Å². The Bertz CT molecular complexity index is 3030. The Morgan fingerprint density at radius 1 is 0.361 bits per heavy atom. The van der Waals surface area contributed by atoms with Crippen molar-refractivity contribution in [2.75, 3.05) is 4.90 Å². The van der Waals surface area contributed by atoms with Crippen molar-refractivity contribution in [2.24, 2.45) is 0 Å². The van der Waals surface area contributed by atoms with Gasteiger partial charge in [0.15, 0.2) is 0 Å². The van der Waals surface area contributed by atoms with Crippen LogP contribution in [0.15, 0.2) is 211 Å². The Hall–Kier alpha value is -6.74. The van der Waals surface area contributed by atoms with Crippen LogP contribution in [0.1, 0.15) is 70.2 Å². The van der Waals surface area contributed by atoms with Crippen LogP contribution in [-0.4, -0.2) is 0 Å². The van der Waals surface area contributed by atoms with Crippen LogP contribution in [0.4, 0.5) is 17.1 Å². The number of rotatable bonds is 6. The molecule has 0 heterocycles. The fraction of sp³-hybridized carbons (Fsp3) is 0.0847. The third-order valence-electron chi connectivity index (χ3n) is 13.7. The van der Waals surface area contributed by atoms with Crippen molar-refractivity contribution in [2.45, 2.75) is 31.1 Å². The first kappa shape index (κ1) is 36.1. The van der Waals surface area contributed by atoms with Gasteiger partial charge >= 0.3 is 0 Å². The van der Waals surface area contributed by atoms with Gasteiger partial charge in [0.2, 0.25) is 0 Å². The third kappa shape index (κ3) is 5.59. The summed E-state index contributed by atoms with van der Waals surface area (Å²) in [7, 11) is 0. The number of hydrogen-bond donors (Lipinski definition) is 0. The Morgan fingerprint density at radius 2 is 0.754 bits per heavy atom. The van der Waals surface area contributed by atoms with Gasteiger partial charge in [-0.05, 0) is 138 Å². The lowest BCUT2D eigenvalue weighted by Gasteiger charge is -2.43. The Morgan fingerprint density at radius 3 is 1.28 bits per heavy atom. The number of anilines is 3. The molecule has 0 saturated heterocycles. The summed E-state index contributed by atoms with van der Waals surface area (Å²) in [5.74, 6) is 0.401. The zero-order valence-electron chi connectivity index (χ0n) is 34.1.